The van der Waals surface area contributed by atoms with Gasteiger partial charge in [0.2, 0.25) is 0 Å². The number of likely N-dealkylation sites (tertiary alicyclic amines) is 1. The highest BCUT2D eigenvalue weighted by molar-refractivity contribution is 5.94. The fourth-order valence-electron chi connectivity index (χ4n) is 3.17. The Morgan fingerprint density at radius 2 is 1.72 bits per heavy atom. The number of nitrogens with zero attached hydrogens (tertiary/aromatic N) is 1. The van der Waals surface area contributed by atoms with Crippen LogP contribution in [-0.4, -0.2) is 23.9 Å². The highest BCUT2D eigenvalue weighted by atomic mass is 19.1. The molecule has 1 saturated heterocycles. The molecule has 2 aromatic carbocycles. The van der Waals surface area contributed by atoms with Gasteiger partial charge in [-0.15, -0.1) is 0 Å². The van der Waals surface area contributed by atoms with Crippen LogP contribution < -0.4 is 5.32 Å². The number of hydrogen-bond acceptors (Lipinski definition) is 2. The summed E-state index contributed by atoms with van der Waals surface area (Å²) in [6.45, 7) is 5.32. The second-order valence-corrected chi connectivity index (χ2v) is 6.80. The van der Waals surface area contributed by atoms with Crippen LogP contribution in [0.5, 0.6) is 0 Å². The lowest BCUT2D eigenvalue weighted by molar-refractivity contribution is 0.0951. The van der Waals surface area contributed by atoms with Crippen molar-refractivity contribution in [2.45, 2.75) is 39.3 Å². The lowest BCUT2D eigenvalue weighted by Crippen LogP contribution is -2.29. The van der Waals surface area contributed by atoms with Gasteiger partial charge in [-0.3, -0.25) is 9.69 Å². The van der Waals surface area contributed by atoms with Gasteiger partial charge < -0.3 is 5.32 Å². The Hall–Kier alpha value is -2.20. The standard InChI is InChI=1S/C21H25FN2O/c1-16-5-6-18(13-20(16)22)14-23-21(25)19-9-7-17(8-10-19)15-24-11-3-2-4-12-24/h5-10,13H,2-4,11-12,14-15H2,1H3,(H,23,25). The summed E-state index contributed by atoms with van der Waals surface area (Å²) in [5, 5.41) is 2.85. The van der Waals surface area contributed by atoms with Crippen molar-refractivity contribution in [3.63, 3.8) is 0 Å². The van der Waals surface area contributed by atoms with Crippen molar-refractivity contribution < 1.29 is 9.18 Å². The molecule has 25 heavy (non-hydrogen) atoms. The molecule has 132 valence electrons. The molecule has 1 aliphatic rings. The molecule has 0 bridgehead atoms. The maximum atomic E-state index is 13.5. The SMILES string of the molecule is Cc1ccc(CNC(=O)c2ccc(CN3CCCCC3)cc2)cc1F. The largest absolute Gasteiger partial charge is 0.348 e. The van der Waals surface area contributed by atoms with Crippen LogP contribution in [0.3, 0.4) is 0 Å². The first-order valence-corrected chi connectivity index (χ1v) is 8.96. The number of carbonyl (C=O) groups excluding carboxylic acids is 1. The first kappa shape index (κ1) is 17.6. The fraction of sp³-hybridized carbons (Fsp3) is 0.381. The van der Waals surface area contributed by atoms with Crippen LogP contribution in [-0.2, 0) is 13.1 Å². The third-order valence-electron chi connectivity index (χ3n) is 4.76. The van der Waals surface area contributed by atoms with E-state index in [0.29, 0.717) is 17.7 Å². The fourth-order valence-corrected chi connectivity index (χ4v) is 3.17. The van der Waals surface area contributed by atoms with E-state index >= 15 is 0 Å². The molecule has 3 nitrogen and oxygen atoms in total. The van der Waals surface area contributed by atoms with E-state index in [1.807, 2.05) is 30.3 Å². The van der Waals surface area contributed by atoms with Crippen molar-refractivity contribution in [1.29, 1.82) is 0 Å². The molecule has 0 aliphatic carbocycles. The Balaban J connectivity index is 1.54. The van der Waals surface area contributed by atoms with Crippen molar-refractivity contribution in [3.8, 4) is 0 Å². The molecule has 1 aliphatic heterocycles. The van der Waals surface area contributed by atoms with Crippen molar-refractivity contribution in [1.82, 2.24) is 10.2 Å². The molecule has 0 unspecified atom stereocenters. The van der Waals surface area contributed by atoms with Crippen molar-refractivity contribution >= 4 is 5.91 Å². The zero-order valence-electron chi connectivity index (χ0n) is 14.7. The highest BCUT2D eigenvalue weighted by Crippen LogP contribution is 2.14. The number of nitrogens with one attached hydrogen (secondary N) is 1. The van der Waals surface area contributed by atoms with Crippen LogP contribution in [0.25, 0.3) is 0 Å². The molecule has 1 N–H and O–H groups in total. The van der Waals surface area contributed by atoms with E-state index in [1.54, 1.807) is 13.0 Å². The summed E-state index contributed by atoms with van der Waals surface area (Å²) in [6.07, 6.45) is 3.89. The van der Waals surface area contributed by atoms with Crippen LogP contribution in [0.15, 0.2) is 42.5 Å². The van der Waals surface area contributed by atoms with Crippen molar-refractivity contribution in [3.05, 3.63) is 70.5 Å². The van der Waals surface area contributed by atoms with Gasteiger partial charge in [0.1, 0.15) is 5.82 Å². The zero-order chi connectivity index (χ0) is 17.6. The van der Waals surface area contributed by atoms with E-state index in [9.17, 15) is 9.18 Å². The van der Waals surface area contributed by atoms with Gasteiger partial charge in [0.15, 0.2) is 0 Å². The van der Waals surface area contributed by atoms with Gasteiger partial charge in [-0.1, -0.05) is 30.7 Å². The summed E-state index contributed by atoms with van der Waals surface area (Å²) < 4.78 is 13.5. The maximum Gasteiger partial charge on any atom is 0.251 e. The van der Waals surface area contributed by atoms with E-state index in [-0.39, 0.29) is 11.7 Å². The molecule has 3 rings (SSSR count). The summed E-state index contributed by atoms with van der Waals surface area (Å²) in [4.78, 5) is 14.7. The topological polar surface area (TPSA) is 32.3 Å². The summed E-state index contributed by atoms with van der Waals surface area (Å²) >= 11 is 0. The van der Waals surface area contributed by atoms with E-state index < -0.39 is 0 Å². The molecule has 1 amide bonds. The quantitative estimate of drug-likeness (QED) is 0.890. The Morgan fingerprint density at radius 3 is 2.40 bits per heavy atom. The smallest absolute Gasteiger partial charge is 0.251 e. The molecule has 0 radical (unpaired) electrons. The predicted molar refractivity (Wildman–Crippen MR) is 97.9 cm³/mol. The van der Waals surface area contributed by atoms with Gasteiger partial charge in [0.25, 0.3) is 5.91 Å². The normalized spacial score (nSPS) is 15.1. The number of hydrogen-bond donors (Lipinski definition) is 1. The van der Waals surface area contributed by atoms with Gasteiger partial charge in [-0.05, 0) is 67.7 Å². The molecule has 1 heterocycles. The molecule has 4 heteroatoms. The molecule has 0 atom stereocenters. The van der Waals surface area contributed by atoms with Gasteiger partial charge in [0.05, 0.1) is 0 Å². The molecule has 0 saturated carbocycles. The predicted octanol–water partition coefficient (Wildman–Crippen LogP) is 4.05. The van der Waals surface area contributed by atoms with Crippen molar-refractivity contribution in [2.24, 2.45) is 0 Å². The van der Waals surface area contributed by atoms with Crippen LogP contribution in [0.2, 0.25) is 0 Å². The van der Waals surface area contributed by atoms with E-state index in [2.05, 4.69) is 10.2 Å². The Kier molecular flexibility index (Phi) is 5.82. The second kappa shape index (κ2) is 8.26. The van der Waals surface area contributed by atoms with Gasteiger partial charge in [-0.25, -0.2) is 4.39 Å². The highest BCUT2D eigenvalue weighted by Gasteiger charge is 2.11. The van der Waals surface area contributed by atoms with Crippen LogP contribution >= 0.6 is 0 Å². The Morgan fingerprint density at radius 1 is 1.04 bits per heavy atom. The third-order valence-corrected chi connectivity index (χ3v) is 4.76. The lowest BCUT2D eigenvalue weighted by Gasteiger charge is -2.26. The first-order chi connectivity index (χ1) is 12.1. The lowest BCUT2D eigenvalue weighted by atomic mass is 10.1. The number of benzene rings is 2. The molecule has 0 aromatic heterocycles. The summed E-state index contributed by atoms with van der Waals surface area (Å²) in [5.74, 6) is -0.376. The van der Waals surface area contributed by atoms with E-state index in [0.717, 1.165) is 25.2 Å². The number of rotatable bonds is 5. The molecular formula is C21H25FN2O. The summed E-state index contributed by atoms with van der Waals surface area (Å²) in [7, 11) is 0. The van der Waals surface area contributed by atoms with Crippen molar-refractivity contribution in [2.75, 3.05) is 13.1 Å². The Labute approximate surface area is 148 Å². The van der Waals surface area contributed by atoms with Crippen LogP contribution in [0.1, 0.15) is 46.3 Å². The molecular weight excluding hydrogens is 315 g/mol. The zero-order valence-corrected chi connectivity index (χ0v) is 14.7. The molecule has 1 fully saturated rings. The number of carbonyl (C=O) groups is 1. The van der Waals surface area contributed by atoms with E-state index in [1.165, 1.54) is 30.9 Å². The number of piperidine rings is 1. The minimum Gasteiger partial charge on any atom is -0.348 e. The van der Waals surface area contributed by atoms with Gasteiger partial charge in [-0.2, -0.15) is 0 Å². The average molecular weight is 340 g/mol. The minimum absolute atomic E-state index is 0.134. The number of halogens is 1. The summed E-state index contributed by atoms with van der Waals surface area (Å²) in [6, 6.07) is 12.8. The molecule has 2 aromatic rings. The first-order valence-electron chi connectivity index (χ1n) is 8.96. The third kappa shape index (κ3) is 4.89. The Bertz CT molecular complexity index is 721. The number of aryl methyl sites for hydroxylation is 1. The monoisotopic (exact) mass is 340 g/mol. The van der Waals surface area contributed by atoms with Gasteiger partial charge in [0, 0.05) is 18.7 Å². The number of amides is 1. The van der Waals surface area contributed by atoms with Crippen LogP contribution in [0.4, 0.5) is 4.39 Å². The minimum atomic E-state index is -0.242. The molecule has 0 spiro atoms. The van der Waals surface area contributed by atoms with E-state index in [4.69, 9.17) is 0 Å². The van der Waals surface area contributed by atoms with Gasteiger partial charge >= 0.3 is 0 Å². The van der Waals surface area contributed by atoms with Crippen LogP contribution in [0, 0.1) is 12.7 Å². The average Bonchev–Trinajstić information content (AvgIpc) is 2.64. The maximum absolute atomic E-state index is 13.5. The summed E-state index contributed by atoms with van der Waals surface area (Å²) in [5.41, 5.74) is 3.24. The second-order valence-electron chi connectivity index (χ2n) is 6.80.